The number of rotatable bonds is 10. The van der Waals surface area contributed by atoms with E-state index in [9.17, 15) is 9.59 Å². The SMILES string of the molecule is CCOC(=O)CCCCC(=O)c1cc(OC)c(OC)c(OC)c1. The minimum Gasteiger partial charge on any atom is -0.493 e. The molecule has 6 nitrogen and oxygen atoms in total. The molecule has 1 aromatic rings. The second kappa shape index (κ2) is 9.71. The highest BCUT2D eigenvalue weighted by molar-refractivity contribution is 5.97. The second-order valence-corrected chi connectivity index (χ2v) is 4.85. The summed E-state index contributed by atoms with van der Waals surface area (Å²) in [6.45, 7) is 2.15. The fourth-order valence-electron chi connectivity index (χ4n) is 2.17. The number of ether oxygens (including phenoxy) is 4. The summed E-state index contributed by atoms with van der Waals surface area (Å²) < 4.78 is 20.5. The van der Waals surface area contributed by atoms with Gasteiger partial charge in [-0.3, -0.25) is 9.59 Å². The molecule has 0 saturated carbocycles. The van der Waals surface area contributed by atoms with Crippen molar-refractivity contribution in [2.45, 2.75) is 32.6 Å². The summed E-state index contributed by atoms with van der Waals surface area (Å²) in [4.78, 5) is 23.5. The first-order valence-corrected chi connectivity index (χ1v) is 7.56. The van der Waals surface area contributed by atoms with E-state index in [1.807, 2.05) is 0 Å². The molecule has 0 aliphatic rings. The minimum absolute atomic E-state index is 0.0342. The second-order valence-electron chi connectivity index (χ2n) is 4.85. The zero-order valence-corrected chi connectivity index (χ0v) is 14.1. The smallest absolute Gasteiger partial charge is 0.305 e. The van der Waals surface area contributed by atoms with Crippen LogP contribution in [0.1, 0.15) is 43.0 Å². The molecule has 0 fully saturated rings. The number of ketones is 1. The lowest BCUT2D eigenvalue weighted by atomic mass is 10.0. The van der Waals surface area contributed by atoms with E-state index >= 15 is 0 Å². The fraction of sp³-hybridized carbons (Fsp3) is 0.529. The van der Waals surface area contributed by atoms with Crippen LogP contribution in [0.5, 0.6) is 17.2 Å². The van der Waals surface area contributed by atoms with E-state index < -0.39 is 0 Å². The predicted octanol–water partition coefficient (Wildman–Crippen LogP) is 3.02. The molecule has 1 rings (SSSR count). The van der Waals surface area contributed by atoms with Crippen LogP contribution in [0, 0.1) is 0 Å². The lowest BCUT2D eigenvalue weighted by Gasteiger charge is -2.13. The predicted molar refractivity (Wildman–Crippen MR) is 85.5 cm³/mol. The molecule has 0 saturated heterocycles. The Morgan fingerprint density at radius 3 is 1.96 bits per heavy atom. The topological polar surface area (TPSA) is 71.1 Å². The van der Waals surface area contributed by atoms with Gasteiger partial charge in [-0.25, -0.2) is 0 Å². The molecule has 0 N–H and O–H groups in total. The van der Waals surface area contributed by atoms with E-state index in [0.717, 1.165) is 0 Å². The monoisotopic (exact) mass is 324 g/mol. The minimum atomic E-state index is -0.229. The fourth-order valence-corrected chi connectivity index (χ4v) is 2.17. The van der Waals surface area contributed by atoms with Crippen molar-refractivity contribution in [3.63, 3.8) is 0 Å². The van der Waals surface area contributed by atoms with Crippen LogP contribution in [0.2, 0.25) is 0 Å². The highest BCUT2D eigenvalue weighted by Gasteiger charge is 2.16. The Kier molecular flexibility index (Phi) is 7.94. The van der Waals surface area contributed by atoms with Gasteiger partial charge in [0.2, 0.25) is 5.75 Å². The summed E-state index contributed by atoms with van der Waals surface area (Å²) in [5.74, 6) is 1.08. The molecule has 128 valence electrons. The number of hydrogen-bond acceptors (Lipinski definition) is 6. The average Bonchev–Trinajstić information content (AvgIpc) is 2.57. The van der Waals surface area contributed by atoms with E-state index in [1.54, 1.807) is 19.1 Å². The Morgan fingerprint density at radius 1 is 0.913 bits per heavy atom. The molecular formula is C17H24O6. The maximum Gasteiger partial charge on any atom is 0.305 e. The first-order valence-electron chi connectivity index (χ1n) is 7.56. The Bertz CT molecular complexity index is 513. The quantitative estimate of drug-likeness (QED) is 0.374. The molecule has 23 heavy (non-hydrogen) atoms. The van der Waals surface area contributed by atoms with Gasteiger partial charge in [0.25, 0.3) is 0 Å². The molecule has 0 aliphatic carbocycles. The van der Waals surface area contributed by atoms with E-state index in [4.69, 9.17) is 18.9 Å². The van der Waals surface area contributed by atoms with Crippen molar-refractivity contribution in [1.29, 1.82) is 0 Å². The lowest BCUT2D eigenvalue weighted by Crippen LogP contribution is -2.05. The lowest BCUT2D eigenvalue weighted by molar-refractivity contribution is -0.143. The summed E-state index contributed by atoms with van der Waals surface area (Å²) in [6.07, 6.45) is 1.91. The van der Waals surface area contributed by atoms with Crippen LogP contribution in [-0.2, 0) is 9.53 Å². The van der Waals surface area contributed by atoms with Crippen LogP contribution in [-0.4, -0.2) is 39.7 Å². The van der Waals surface area contributed by atoms with Gasteiger partial charge in [0.15, 0.2) is 17.3 Å². The zero-order valence-electron chi connectivity index (χ0n) is 14.1. The van der Waals surface area contributed by atoms with E-state index in [1.165, 1.54) is 21.3 Å². The molecule has 0 heterocycles. The van der Waals surface area contributed by atoms with E-state index in [0.29, 0.717) is 55.1 Å². The van der Waals surface area contributed by atoms with Gasteiger partial charge in [0.1, 0.15) is 0 Å². The third-order valence-electron chi connectivity index (χ3n) is 3.33. The molecular weight excluding hydrogens is 300 g/mol. The number of unbranched alkanes of at least 4 members (excludes halogenated alkanes) is 1. The number of methoxy groups -OCH3 is 3. The van der Waals surface area contributed by atoms with Crippen molar-refractivity contribution in [2.75, 3.05) is 27.9 Å². The first kappa shape index (κ1) is 18.8. The molecule has 0 atom stereocenters. The first-order chi connectivity index (χ1) is 11.1. The van der Waals surface area contributed by atoms with Gasteiger partial charge in [-0.2, -0.15) is 0 Å². The van der Waals surface area contributed by atoms with Gasteiger partial charge in [-0.05, 0) is 31.9 Å². The Labute approximate surface area is 136 Å². The average molecular weight is 324 g/mol. The van der Waals surface area contributed by atoms with Crippen molar-refractivity contribution < 1.29 is 28.5 Å². The summed E-state index contributed by atoms with van der Waals surface area (Å²) >= 11 is 0. The van der Waals surface area contributed by atoms with Crippen LogP contribution >= 0.6 is 0 Å². The molecule has 0 aromatic heterocycles. The summed E-state index contributed by atoms with van der Waals surface area (Å²) in [5, 5.41) is 0. The van der Waals surface area contributed by atoms with Crippen molar-refractivity contribution in [2.24, 2.45) is 0 Å². The molecule has 0 unspecified atom stereocenters. The number of carbonyl (C=O) groups is 2. The van der Waals surface area contributed by atoms with Gasteiger partial charge < -0.3 is 18.9 Å². The van der Waals surface area contributed by atoms with Crippen molar-refractivity contribution >= 4 is 11.8 Å². The maximum absolute atomic E-state index is 12.3. The van der Waals surface area contributed by atoms with Gasteiger partial charge >= 0.3 is 5.97 Å². The van der Waals surface area contributed by atoms with Crippen LogP contribution in [0.4, 0.5) is 0 Å². The number of esters is 1. The number of hydrogen-bond donors (Lipinski definition) is 0. The summed E-state index contributed by atoms with van der Waals surface area (Å²) in [6, 6.07) is 3.27. The van der Waals surface area contributed by atoms with Crippen molar-refractivity contribution in [1.82, 2.24) is 0 Å². The largest absolute Gasteiger partial charge is 0.493 e. The maximum atomic E-state index is 12.3. The van der Waals surface area contributed by atoms with Gasteiger partial charge in [0.05, 0.1) is 27.9 Å². The molecule has 6 heteroatoms. The third kappa shape index (κ3) is 5.47. The molecule has 1 aromatic carbocycles. The zero-order chi connectivity index (χ0) is 17.2. The molecule has 0 aliphatic heterocycles. The standard InChI is InChI=1S/C17H24O6/c1-5-23-16(19)9-7-6-8-13(18)12-10-14(20-2)17(22-4)15(11-12)21-3/h10-11H,5-9H2,1-4H3. The molecule has 0 spiro atoms. The highest BCUT2D eigenvalue weighted by atomic mass is 16.5. The van der Waals surface area contributed by atoms with Crippen LogP contribution in [0.15, 0.2) is 12.1 Å². The van der Waals surface area contributed by atoms with Crippen molar-refractivity contribution in [3.05, 3.63) is 17.7 Å². The summed E-state index contributed by atoms with van der Waals surface area (Å²) in [7, 11) is 4.52. The van der Waals surface area contributed by atoms with Gasteiger partial charge in [-0.1, -0.05) is 0 Å². The Balaban J connectivity index is 2.67. The normalized spacial score (nSPS) is 10.1. The molecule has 0 radical (unpaired) electrons. The Morgan fingerprint density at radius 2 is 1.48 bits per heavy atom. The van der Waals surface area contributed by atoms with Crippen LogP contribution in [0.25, 0.3) is 0 Å². The van der Waals surface area contributed by atoms with Crippen molar-refractivity contribution in [3.8, 4) is 17.2 Å². The van der Waals surface area contributed by atoms with E-state index in [-0.39, 0.29) is 11.8 Å². The van der Waals surface area contributed by atoms with E-state index in [2.05, 4.69) is 0 Å². The Hall–Kier alpha value is -2.24. The van der Waals surface area contributed by atoms with Gasteiger partial charge in [-0.15, -0.1) is 0 Å². The number of benzene rings is 1. The van der Waals surface area contributed by atoms with Gasteiger partial charge in [0, 0.05) is 18.4 Å². The summed E-state index contributed by atoms with van der Waals surface area (Å²) in [5.41, 5.74) is 0.496. The molecule has 0 amide bonds. The number of carbonyl (C=O) groups excluding carboxylic acids is 2. The van der Waals surface area contributed by atoms with Crippen LogP contribution < -0.4 is 14.2 Å². The highest BCUT2D eigenvalue weighted by Crippen LogP contribution is 2.38. The third-order valence-corrected chi connectivity index (χ3v) is 3.33. The number of Topliss-reactive ketones (excluding diaryl/α,β-unsaturated/α-hetero) is 1. The van der Waals surface area contributed by atoms with Crippen LogP contribution in [0.3, 0.4) is 0 Å². The molecule has 0 bridgehead atoms.